The van der Waals surface area contributed by atoms with E-state index in [1.807, 2.05) is 52.1 Å². The summed E-state index contributed by atoms with van der Waals surface area (Å²) in [6, 6.07) is 23.9. The Bertz CT molecular complexity index is 1330. The minimum Gasteiger partial charge on any atom is -0.374 e. The number of rotatable bonds is 17. The number of aromatic nitrogens is 1. The van der Waals surface area contributed by atoms with Gasteiger partial charge in [-0.2, -0.15) is 4.57 Å². The van der Waals surface area contributed by atoms with Gasteiger partial charge in [0.15, 0.2) is 12.4 Å². The van der Waals surface area contributed by atoms with Gasteiger partial charge in [-0.3, -0.25) is 0 Å². The quantitative estimate of drug-likeness (QED) is 0.0638. The summed E-state index contributed by atoms with van der Waals surface area (Å²) in [4.78, 5) is 7.81. The Balaban J connectivity index is 1.32. The van der Waals surface area contributed by atoms with E-state index in [1.54, 1.807) is 0 Å². The van der Waals surface area contributed by atoms with Gasteiger partial charge in [-0.25, -0.2) is 4.99 Å². The second-order valence-electron chi connectivity index (χ2n) is 9.77. The SMILES string of the molecule is CC[NH+]=C\C=C/C=C/C=C/c1ccc(N(C)CCSSCCN(C)c2ccc(/C=C/c3cccc[n+]3CC)cc2)cc1. The van der Waals surface area contributed by atoms with Crippen molar-refractivity contribution in [1.29, 1.82) is 0 Å². The molecule has 0 unspecified atom stereocenters. The van der Waals surface area contributed by atoms with Crippen LogP contribution in [0.25, 0.3) is 18.2 Å². The standard InChI is InChI=1S/C36H45N4S2/c1-5-37-26-12-9-7-8-10-14-32-16-21-34(22-17-32)38(3)28-30-41-42-31-29-39(4)35-23-18-33(19-24-35)20-25-36-15-11-13-27-40(36)6-2/h7-27H,5-6,28-31H2,1-4H3/q+1/p+1/b8-7+,12-9-,14-10+,37-26?. The fraction of sp³-hybridized carbons (Fsp3) is 0.278. The number of benzene rings is 2. The Hall–Kier alpha value is -3.48. The van der Waals surface area contributed by atoms with Crippen molar-refractivity contribution in [3.05, 3.63) is 120 Å². The number of hydrogen-bond donors (Lipinski definition) is 1. The van der Waals surface area contributed by atoms with Crippen LogP contribution in [0.3, 0.4) is 0 Å². The predicted octanol–water partition coefficient (Wildman–Crippen LogP) is 6.42. The Kier molecular flexibility index (Phi) is 15.4. The number of aryl methyl sites for hydroxylation is 1. The van der Waals surface area contributed by atoms with E-state index in [0.29, 0.717) is 0 Å². The van der Waals surface area contributed by atoms with E-state index in [9.17, 15) is 0 Å². The molecule has 0 aliphatic rings. The first-order chi connectivity index (χ1) is 20.6. The molecule has 0 spiro atoms. The lowest BCUT2D eigenvalue weighted by Crippen LogP contribution is -2.67. The summed E-state index contributed by atoms with van der Waals surface area (Å²) in [5.74, 6) is 2.19. The van der Waals surface area contributed by atoms with Crippen LogP contribution < -0.4 is 19.4 Å². The third-order valence-electron chi connectivity index (χ3n) is 6.69. The van der Waals surface area contributed by atoms with E-state index in [1.165, 1.54) is 28.2 Å². The highest BCUT2D eigenvalue weighted by Crippen LogP contribution is 2.23. The van der Waals surface area contributed by atoms with Gasteiger partial charge in [0.25, 0.3) is 0 Å². The molecule has 4 nitrogen and oxygen atoms in total. The number of nitrogens with one attached hydrogen (secondary N) is 1. The van der Waals surface area contributed by atoms with Crippen molar-refractivity contribution >= 4 is 57.4 Å². The van der Waals surface area contributed by atoms with Crippen LogP contribution in [0.1, 0.15) is 30.7 Å². The highest BCUT2D eigenvalue weighted by molar-refractivity contribution is 8.76. The van der Waals surface area contributed by atoms with Crippen molar-refractivity contribution in [2.24, 2.45) is 0 Å². The summed E-state index contributed by atoms with van der Waals surface area (Å²) >= 11 is 0. The molecule has 220 valence electrons. The first kappa shape index (κ1) is 33.0. The van der Waals surface area contributed by atoms with E-state index in [0.717, 1.165) is 37.7 Å². The first-order valence-corrected chi connectivity index (χ1v) is 17.2. The number of pyridine rings is 1. The molecule has 0 saturated heterocycles. The molecular formula is C36H46N4S2+2. The summed E-state index contributed by atoms with van der Waals surface area (Å²) in [5.41, 5.74) is 6.15. The third-order valence-corrected chi connectivity index (χ3v) is 9.05. The van der Waals surface area contributed by atoms with Gasteiger partial charge in [0.1, 0.15) is 13.1 Å². The molecule has 2 aromatic carbocycles. The monoisotopic (exact) mass is 598 g/mol. The predicted molar refractivity (Wildman–Crippen MR) is 190 cm³/mol. The topological polar surface area (TPSA) is 24.3 Å². The largest absolute Gasteiger partial charge is 0.374 e. The zero-order chi connectivity index (χ0) is 29.8. The minimum absolute atomic E-state index is 0.944. The molecule has 0 atom stereocenters. The van der Waals surface area contributed by atoms with Crippen molar-refractivity contribution in [1.82, 2.24) is 0 Å². The van der Waals surface area contributed by atoms with E-state index < -0.39 is 0 Å². The Labute approximate surface area is 261 Å². The number of anilines is 2. The van der Waals surface area contributed by atoms with Crippen molar-refractivity contribution < 1.29 is 9.56 Å². The van der Waals surface area contributed by atoms with Crippen LogP contribution in [0, 0.1) is 0 Å². The molecule has 0 aliphatic carbocycles. The Morgan fingerprint density at radius 3 is 1.83 bits per heavy atom. The summed E-state index contributed by atoms with van der Waals surface area (Å²) < 4.78 is 2.24. The molecule has 1 heterocycles. The minimum atomic E-state index is 0.944. The maximum Gasteiger partial charge on any atom is 0.205 e. The maximum absolute atomic E-state index is 3.15. The van der Waals surface area contributed by atoms with Crippen LogP contribution >= 0.6 is 21.6 Å². The van der Waals surface area contributed by atoms with Gasteiger partial charge < -0.3 is 9.80 Å². The molecule has 3 rings (SSSR count). The smallest absolute Gasteiger partial charge is 0.205 e. The van der Waals surface area contributed by atoms with Gasteiger partial charge >= 0.3 is 0 Å². The highest BCUT2D eigenvalue weighted by Gasteiger charge is 2.05. The Morgan fingerprint density at radius 2 is 1.24 bits per heavy atom. The van der Waals surface area contributed by atoms with Crippen LogP contribution in [-0.2, 0) is 6.54 Å². The second-order valence-corrected chi connectivity index (χ2v) is 12.5. The molecule has 42 heavy (non-hydrogen) atoms. The zero-order valence-corrected chi connectivity index (χ0v) is 27.2. The molecule has 0 radical (unpaired) electrons. The average Bonchev–Trinajstić information content (AvgIpc) is 3.03. The van der Waals surface area contributed by atoms with E-state index >= 15 is 0 Å². The van der Waals surface area contributed by atoms with Gasteiger partial charge in [-0.15, -0.1) is 0 Å². The fourth-order valence-corrected chi connectivity index (χ4v) is 6.20. The van der Waals surface area contributed by atoms with Gasteiger partial charge in [0, 0.05) is 74.4 Å². The second kappa shape index (κ2) is 19.6. The van der Waals surface area contributed by atoms with E-state index in [-0.39, 0.29) is 0 Å². The lowest BCUT2D eigenvalue weighted by molar-refractivity contribution is -0.695. The maximum atomic E-state index is 3.15. The van der Waals surface area contributed by atoms with Crippen LogP contribution in [-0.4, -0.2) is 51.4 Å². The molecule has 0 fully saturated rings. The third kappa shape index (κ3) is 12.2. The molecule has 0 saturated carbocycles. The molecule has 1 aromatic heterocycles. The first-order valence-electron chi connectivity index (χ1n) is 14.7. The molecule has 0 aliphatic heterocycles. The average molecular weight is 599 g/mol. The van der Waals surface area contributed by atoms with Crippen LogP contribution in [0.5, 0.6) is 0 Å². The van der Waals surface area contributed by atoms with Crippen molar-refractivity contribution in [3.63, 3.8) is 0 Å². The summed E-state index contributed by atoms with van der Waals surface area (Å²) in [6.45, 7) is 8.22. The summed E-state index contributed by atoms with van der Waals surface area (Å²) in [7, 11) is 8.26. The van der Waals surface area contributed by atoms with Crippen molar-refractivity contribution in [2.45, 2.75) is 20.4 Å². The van der Waals surface area contributed by atoms with Gasteiger partial charge in [0.2, 0.25) is 5.69 Å². The van der Waals surface area contributed by atoms with Gasteiger partial charge in [-0.05, 0) is 61.4 Å². The fourth-order valence-electron chi connectivity index (χ4n) is 4.12. The van der Waals surface area contributed by atoms with Crippen LogP contribution in [0.2, 0.25) is 0 Å². The zero-order valence-electron chi connectivity index (χ0n) is 25.5. The van der Waals surface area contributed by atoms with E-state index in [4.69, 9.17) is 0 Å². The number of allylic oxidation sites excluding steroid dienone is 5. The number of nitrogens with zero attached hydrogens (tertiary/aromatic N) is 3. The molecule has 0 bridgehead atoms. The van der Waals surface area contributed by atoms with Crippen molar-refractivity contribution in [3.8, 4) is 0 Å². The normalized spacial score (nSPS) is 12.1. The van der Waals surface area contributed by atoms with Gasteiger partial charge in [-0.1, -0.05) is 76.2 Å². The molecule has 6 heteroatoms. The molecule has 1 N–H and O–H groups in total. The summed E-state index contributed by atoms with van der Waals surface area (Å²) in [6.07, 6.45) is 20.7. The van der Waals surface area contributed by atoms with Crippen molar-refractivity contribution in [2.75, 3.05) is 55.0 Å². The molecule has 3 aromatic rings. The molecular weight excluding hydrogens is 553 g/mol. The van der Waals surface area contributed by atoms with E-state index in [2.05, 4.69) is 145 Å². The number of hydrogen-bond acceptors (Lipinski definition) is 4. The molecule has 0 amide bonds. The highest BCUT2D eigenvalue weighted by atomic mass is 33.1. The van der Waals surface area contributed by atoms with Gasteiger partial charge in [0.05, 0.1) is 0 Å². The van der Waals surface area contributed by atoms with Crippen LogP contribution in [0.4, 0.5) is 11.4 Å². The lowest BCUT2D eigenvalue weighted by atomic mass is 10.1. The lowest BCUT2D eigenvalue weighted by Gasteiger charge is -2.20. The Morgan fingerprint density at radius 1 is 0.667 bits per heavy atom. The summed E-state index contributed by atoms with van der Waals surface area (Å²) in [5, 5.41) is 0. The van der Waals surface area contributed by atoms with Crippen LogP contribution in [0.15, 0.2) is 103 Å².